The summed E-state index contributed by atoms with van der Waals surface area (Å²) in [5.74, 6) is -1.02. The van der Waals surface area contributed by atoms with Crippen molar-refractivity contribution in [2.75, 3.05) is 5.32 Å². The van der Waals surface area contributed by atoms with Gasteiger partial charge in [0.15, 0.2) is 11.2 Å². The zero-order chi connectivity index (χ0) is 16.7. The zero-order valence-corrected chi connectivity index (χ0v) is 13.4. The maximum Gasteiger partial charge on any atom is 0.421 e. The van der Waals surface area contributed by atoms with Gasteiger partial charge in [0, 0.05) is 11.1 Å². The molecule has 4 rings (SSSR count). The Kier molecular flexibility index (Phi) is 3.43. The molecule has 0 bridgehead atoms. The lowest BCUT2D eigenvalue weighted by atomic mass is 10.1. The number of aromatic nitrogens is 2. The van der Waals surface area contributed by atoms with Crippen molar-refractivity contribution < 1.29 is 9.21 Å². The quantitative estimate of drug-likeness (QED) is 0.786. The molecule has 7 nitrogen and oxygen atoms in total. The summed E-state index contributed by atoms with van der Waals surface area (Å²) < 4.78 is 6.24. The molecule has 3 heterocycles. The summed E-state index contributed by atoms with van der Waals surface area (Å²) >= 11 is 1.44. The number of amides is 1. The summed E-state index contributed by atoms with van der Waals surface area (Å²) in [5, 5.41) is 12.7. The minimum Gasteiger partial charge on any atom is -0.406 e. The van der Waals surface area contributed by atoms with E-state index in [1.165, 1.54) is 22.1 Å². The van der Waals surface area contributed by atoms with Crippen LogP contribution >= 0.6 is 11.3 Å². The number of rotatable bonds is 3. The third kappa shape index (κ3) is 2.30. The van der Waals surface area contributed by atoms with Gasteiger partial charge in [0.25, 0.3) is 0 Å². The fourth-order valence-electron chi connectivity index (χ4n) is 2.96. The SMILES string of the molecule is N#Cc1c(NC(=O)Cn2c(=O)oc3cccnc32)sc2c1CCC2. The fraction of sp³-hybridized carbons (Fsp3) is 0.250. The van der Waals surface area contributed by atoms with E-state index in [1.807, 2.05) is 0 Å². The minimum absolute atomic E-state index is 0.212. The average Bonchev–Trinajstić information content (AvgIpc) is 3.21. The predicted molar refractivity (Wildman–Crippen MR) is 88.0 cm³/mol. The second kappa shape index (κ2) is 5.62. The van der Waals surface area contributed by atoms with Crippen LogP contribution in [0, 0.1) is 11.3 Å². The van der Waals surface area contributed by atoms with Crippen LogP contribution in [0.4, 0.5) is 5.00 Å². The first-order valence-electron chi connectivity index (χ1n) is 7.46. The number of oxazole rings is 1. The number of carbonyl (C=O) groups is 1. The van der Waals surface area contributed by atoms with E-state index < -0.39 is 5.76 Å². The summed E-state index contributed by atoms with van der Waals surface area (Å²) in [6, 6.07) is 5.45. The summed E-state index contributed by atoms with van der Waals surface area (Å²) in [4.78, 5) is 29.5. The molecule has 0 saturated heterocycles. The highest BCUT2D eigenvalue weighted by Crippen LogP contribution is 2.38. The van der Waals surface area contributed by atoms with Gasteiger partial charge in [-0.2, -0.15) is 5.26 Å². The number of hydrogen-bond donors (Lipinski definition) is 1. The van der Waals surface area contributed by atoms with Crippen LogP contribution in [0.2, 0.25) is 0 Å². The van der Waals surface area contributed by atoms with E-state index in [0.717, 1.165) is 29.7 Å². The van der Waals surface area contributed by atoms with Gasteiger partial charge in [0.1, 0.15) is 17.6 Å². The Morgan fingerprint density at radius 1 is 1.50 bits per heavy atom. The number of hydrogen-bond acceptors (Lipinski definition) is 6. The van der Waals surface area contributed by atoms with E-state index in [1.54, 1.807) is 12.1 Å². The van der Waals surface area contributed by atoms with Gasteiger partial charge >= 0.3 is 5.76 Å². The molecule has 8 heteroatoms. The number of thiophene rings is 1. The summed E-state index contributed by atoms with van der Waals surface area (Å²) in [6.45, 7) is -0.212. The molecule has 1 N–H and O–H groups in total. The topological polar surface area (TPSA) is 101 Å². The minimum atomic E-state index is -0.631. The molecule has 0 spiro atoms. The molecule has 1 aliphatic rings. The van der Waals surface area contributed by atoms with E-state index in [4.69, 9.17) is 4.42 Å². The standard InChI is InChI=1S/C16H12N4O3S/c17-7-10-9-3-1-5-12(9)24-15(10)19-13(21)8-20-14-11(23-16(20)22)4-2-6-18-14/h2,4,6H,1,3,5,8H2,(H,19,21). The Bertz CT molecular complexity index is 1050. The number of nitrogens with one attached hydrogen (secondary N) is 1. The Morgan fingerprint density at radius 3 is 3.21 bits per heavy atom. The van der Waals surface area contributed by atoms with E-state index >= 15 is 0 Å². The monoisotopic (exact) mass is 340 g/mol. The maximum atomic E-state index is 12.3. The van der Waals surface area contributed by atoms with E-state index in [9.17, 15) is 14.9 Å². The summed E-state index contributed by atoms with van der Waals surface area (Å²) in [6.07, 6.45) is 4.40. The van der Waals surface area contributed by atoms with Gasteiger partial charge < -0.3 is 9.73 Å². The molecule has 1 amide bonds. The second-order valence-electron chi connectivity index (χ2n) is 5.50. The Hall–Kier alpha value is -2.92. The molecule has 3 aromatic heterocycles. The number of pyridine rings is 1. The molecule has 0 atom stereocenters. The zero-order valence-electron chi connectivity index (χ0n) is 12.5. The number of anilines is 1. The molecule has 120 valence electrons. The van der Waals surface area contributed by atoms with Crippen LogP contribution in [0.3, 0.4) is 0 Å². The smallest absolute Gasteiger partial charge is 0.406 e. The molecule has 24 heavy (non-hydrogen) atoms. The molecule has 0 aliphatic heterocycles. The van der Waals surface area contributed by atoms with E-state index in [-0.39, 0.29) is 12.5 Å². The predicted octanol–water partition coefficient (Wildman–Crippen LogP) is 2.05. The fourth-order valence-corrected chi connectivity index (χ4v) is 4.22. The third-order valence-corrected chi connectivity index (χ3v) is 5.22. The first-order chi connectivity index (χ1) is 11.7. The molecule has 0 radical (unpaired) electrons. The molecule has 0 aromatic carbocycles. The Morgan fingerprint density at radius 2 is 2.38 bits per heavy atom. The third-order valence-electron chi connectivity index (χ3n) is 4.01. The van der Waals surface area contributed by atoms with Gasteiger partial charge in [-0.05, 0) is 37.0 Å². The van der Waals surface area contributed by atoms with Crippen molar-refractivity contribution >= 4 is 33.5 Å². The Balaban J connectivity index is 1.61. The van der Waals surface area contributed by atoms with Gasteiger partial charge in [-0.1, -0.05) is 0 Å². The van der Waals surface area contributed by atoms with Crippen LogP contribution in [-0.2, 0) is 24.2 Å². The van der Waals surface area contributed by atoms with Crippen LogP contribution in [0.5, 0.6) is 0 Å². The van der Waals surface area contributed by atoms with Gasteiger partial charge in [-0.15, -0.1) is 11.3 Å². The van der Waals surface area contributed by atoms with Crippen molar-refractivity contribution in [3.63, 3.8) is 0 Å². The van der Waals surface area contributed by atoms with Gasteiger partial charge in [-0.25, -0.2) is 14.3 Å². The average molecular weight is 340 g/mol. The van der Waals surface area contributed by atoms with E-state index in [0.29, 0.717) is 21.8 Å². The number of carbonyl (C=O) groups excluding carboxylic acids is 1. The summed E-state index contributed by atoms with van der Waals surface area (Å²) in [7, 11) is 0. The molecule has 0 unspecified atom stereocenters. The molecular formula is C16H12N4O3S. The normalized spacial score (nSPS) is 13.0. The van der Waals surface area contributed by atoms with Crippen molar-refractivity contribution in [1.82, 2.24) is 9.55 Å². The lowest BCUT2D eigenvalue weighted by molar-refractivity contribution is -0.116. The molecular weight excluding hydrogens is 328 g/mol. The van der Waals surface area contributed by atoms with Gasteiger partial charge in [0.2, 0.25) is 5.91 Å². The molecule has 3 aromatic rings. The van der Waals surface area contributed by atoms with Crippen LogP contribution in [0.1, 0.15) is 22.4 Å². The van der Waals surface area contributed by atoms with Gasteiger partial charge in [-0.3, -0.25) is 4.79 Å². The van der Waals surface area contributed by atoms with Gasteiger partial charge in [0.05, 0.1) is 5.56 Å². The second-order valence-corrected chi connectivity index (χ2v) is 6.61. The molecule has 0 saturated carbocycles. The lowest BCUT2D eigenvalue weighted by Crippen LogP contribution is -2.25. The maximum absolute atomic E-state index is 12.3. The number of nitrogens with zero attached hydrogens (tertiary/aromatic N) is 3. The molecule has 0 fully saturated rings. The van der Waals surface area contributed by atoms with Crippen molar-refractivity contribution in [3.8, 4) is 6.07 Å². The van der Waals surface area contributed by atoms with Crippen molar-refractivity contribution in [2.45, 2.75) is 25.8 Å². The van der Waals surface area contributed by atoms with Crippen molar-refractivity contribution in [2.24, 2.45) is 0 Å². The Labute approximate surface area is 140 Å². The number of fused-ring (bicyclic) bond motifs is 2. The highest BCUT2D eigenvalue weighted by molar-refractivity contribution is 7.16. The van der Waals surface area contributed by atoms with E-state index in [2.05, 4.69) is 16.4 Å². The largest absolute Gasteiger partial charge is 0.421 e. The number of nitriles is 1. The van der Waals surface area contributed by atoms with Crippen molar-refractivity contribution in [3.05, 3.63) is 44.9 Å². The summed E-state index contributed by atoms with van der Waals surface area (Å²) in [5.41, 5.74) is 2.25. The first-order valence-corrected chi connectivity index (χ1v) is 8.28. The van der Waals surface area contributed by atoms with Crippen LogP contribution in [0.15, 0.2) is 27.5 Å². The van der Waals surface area contributed by atoms with Crippen molar-refractivity contribution in [1.29, 1.82) is 5.26 Å². The number of aryl methyl sites for hydroxylation is 1. The lowest BCUT2D eigenvalue weighted by Gasteiger charge is -2.04. The molecule has 1 aliphatic carbocycles. The van der Waals surface area contributed by atoms with Crippen LogP contribution in [-0.4, -0.2) is 15.5 Å². The highest BCUT2D eigenvalue weighted by atomic mass is 32.1. The van der Waals surface area contributed by atoms with Crippen LogP contribution in [0.25, 0.3) is 11.2 Å². The highest BCUT2D eigenvalue weighted by Gasteiger charge is 2.23. The van der Waals surface area contributed by atoms with Crippen LogP contribution < -0.4 is 11.1 Å². The first kappa shape index (κ1) is 14.7.